The van der Waals surface area contributed by atoms with E-state index >= 15 is 0 Å². The second-order valence-corrected chi connectivity index (χ2v) is 4.94. The lowest BCUT2D eigenvalue weighted by Gasteiger charge is -2.11. The van der Waals surface area contributed by atoms with Crippen molar-refractivity contribution in [2.24, 2.45) is 0 Å². The van der Waals surface area contributed by atoms with Crippen LogP contribution < -0.4 is 9.47 Å². The molecule has 3 nitrogen and oxygen atoms in total. The van der Waals surface area contributed by atoms with Gasteiger partial charge in [-0.3, -0.25) is 4.79 Å². The third-order valence-corrected chi connectivity index (χ3v) is 3.49. The number of carbonyl (C=O) groups excluding carboxylic acids is 1. The van der Waals surface area contributed by atoms with Gasteiger partial charge in [0.25, 0.3) is 0 Å². The van der Waals surface area contributed by atoms with E-state index in [9.17, 15) is 4.79 Å². The van der Waals surface area contributed by atoms with Crippen molar-refractivity contribution in [2.45, 2.75) is 12.8 Å². The van der Waals surface area contributed by atoms with Crippen LogP contribution in [0.5, 0.6) is 11.5 Å². The highest BCUT2D eigenvalue weighted by Crippen LogP contribution is 2.33. The molecule has 3 heteroatoms. The Morgan fingerprint density at radius 1 is 1.25 bits per heavy atom. The Hall–Kier alpha value is -2.29. The predicted molar refractivity (Wildman–Crippen MR) is 76.6 cm³/mol. The fourth-order valence-corrected chi connectivity index (χ4v) is 2.37. The normalized spacial score (nSPS) is 16.4. The molecule has 1 aliphatic rings. The molecular weight excluding hydrogens is 252 g/mol. The average molecular weight is 268 g/mol. The lowest BCUT2D eigenvalue weighted by molar-refractivity contribution is 0.101. The van der Waals surface area contributed by atoms with Gasteiger partial charge in [0, 0.05) is 11.1 Å². The van der Waals surface area contributed by atoms with Crippen LogP contribution in [0.1, 0.15) is 28.8 Å². The predicted octanol–water partition coefficient (Wildman–Crippen LogP) is 3.44. The van der Waals surface area contributed by atoms with Gasteiger partial charge in [-0.2, -0.15) is 0 Å². The molecule has 2 aromatic rings. The standard InChI is InChI=1S/C17H16O3/c1-12(18)13-5-4-6-15(9-13)19-10-14-11-20-17-8-3-2-7-16(14)17/h2-9,14H,10-11H2,1H3. The van der Waals surface area contributed by atoms with Gasteiger partial charge in [0.15, 0.2) is 5.78 Å². The molecule has 1 atom stereocenters. The van der Waals surface area contributed by atoms with Crippen molar-refractivity contribution in [1.29, 1.82) is 0 Å². The summed E-state index contributed by atoms with van der Waals surface area (Å²) >= 11 is 0. The van der Waals surface area contributed by atoms with Gasteiger partial charge in [-0.25, -0.2) is 0 Å². The van der Waals surface area contributed by atoms with E-state index in [1.807, 2.05) is 30.3 Å². The van der Waals surface area contributed by atoms with Gasteiger partial charge < -0.3 is 9.47 Å². The summed E-state index contributed by atoms with van der Waals surface area (Å²) in [5.41, 5.74) is 1.86. The minimum Gasteiger partial charge on any atom is -0.493 e. The molecule has 0 amide bonds. The molecule has 0 radical (unpaired) electrons. The molecule has 0 N–H and O–H groups in total. The van der Waals surface area contributed by atoms with Crippen molar-refractivity contribution in [3.8, 4) is 11.5 Å². The molecule has 1 unspecified atom stereocenters. The molecular formula is C17H16O3. The van der Waals surface area contributed by atoms with Gasteiger partial charge in [0.2, 0.25) is 0 Å². The fourth-order valence-electron chi connectivity index (χ4n) is 2.37. The maximum Gasteiger partial charge on any atom is 0.159 e. The number of ketones is 1. The molecule has 1 heterocycles. The number of ether oxygens (including phenoxy) is 2. The monoisotopic (exact) mass is 268 g/mol. The highest BCUT2D eigenvalue weighted by atomic mass is 16.5. The van der Waals surface area contributed by atoms with E-state index in [1.54, 1.807) is 19.1 Å². The minimum absolute atomic E-state index is 0.0463. The van der Waals surface area contributed by atoms with Crippen molar-refractivity contribution in [3.05, 3.63) is 59.7 Å². The lowest BCUT2D eigenvalue weighted by atomic mass is 10.0. The first-order chi connectivity index (χ1) is 9.74. The molecule has 0 aromatic heterocycles. The third kappa shape index (κ3) is 2.52. The van der Waals surface area contributed by atoms with Crippen LogP contribution in [0, 0.1) is 0 Å². The van der Waals surface area contributed by atoms with Crippen molar-refractivity contribution in [1.82, 2.24) is 0 Å². The topological polar surface area (TPSA) is 35.5 Å². The second kappa shape index (κ2) is 5.37. The largest absolute Gasteiger partial charge is 0.493 e. The number of rotatable bonds is 4. The molecule has 0 aliphatic carbocycles. The van der Waals surface area contributed by atoms with E-state index in [-0.39, 0.29) is 11.7 Å². The van der Waals surface area contributed by atoms with E-state index in [0.717, 1.165) is 11.5 Å². The summed E-state index contributed by atoms with van der Waals surface area (Å²) < 4.78 is 11.4. The summed E-state index contributed by atoms with van der Waals surface area (Å²) in [4.78, 5) is 11.3. The number of para-hydroxylation sites is 1. The molecule has 20 heavy (non-hydrogen) atoms. The summed E-state index contributed by atoms with van der Waals surface area (Å²) in [7, 11) is 0. The summed E-state index contributed by atoms with van der Waals surface area (Å²) in [5, 5.41) is 0. The fraction of sp³-hybridized carbons (Fsp3) is 0.235. The first-order valence-corrected chi connectivity index (χ1v) is 6.69. The Morgan fingerprint density at radius 3 is 2.95 bits per heavy atom. The zero-order valence-electron chi connectivity index (χ0n) is 11.3. The molecule has 3 rings (SSSR count). The van der Waals surface area contributed by atoms with Crippen LogP contribution in [0.2, 0.25) is 0 Å². The first kappa shape index (κ1) is 12.7. The van der Waals surface area contributed by atoms with E-state index < -0.39 is 0 Å². The summed E-state index contributed by atoms with van der Waals surface area (Å²) in [6.07, 6.45) is 0. The summed E-state index contributed by atoms with van der Waals surface area (Å²) in [6.45, 7) is 2.75. The molecule has 0 spiro atoms. The number of carbonyl (C=O) groups is 1. The SMILES string of the molecule is CC(=O)c1cccc(OCC2COc3ccccc32)c1. The average Bonchev–Trinajstić information content (AvgIpc) is 2.89. The van der Waals surface area contributed by atoms with E-state index in [2.05, 4.69) is 6.07 Å². The smallest absolute Gasteiger partial charge is 0.159 e. The van der Waals surface area contributed by atoms with Gasteiger partial charge in [-0.05, 0) is 25.1 Å². The van der Waals surface area contributed by atoms with Gasteiger partial charge >= 0.3 is 0 Å². The van der Waals surface area contributed by atoms with Crippen LogP contribution in [-0.4, -0.2) is 19.0 Å². The Labute approximate surface area is 118 Å². The van der Waals surface area contributed by atoms with Gasteiger partial charge in [0.05, 0.1) is 19.1 Å². The number of hydrogen-bond donors (Lipinski definition) is 0. The van der Waals surface area contributed by atoms with Gasteiger partial charge in [-0.1, -0.05) is 30.3 Å². The van der Waals surface area contributed by atoms with Crippen molar-refractivity contribution < 1.29 is 14.3 Å². The number of fused-ring (bicyclic) bond motifs is 1. The van der Waals surface area contributed by atoms with Crippen molar-refractivity contribution in [2.75, 3.05) is 13.2 Å². The maximum absolute atomic E-state index is 11.3. The van der Waals surface area contributed by atoms with Crippen molar-refractivity contribution in [3.63, 3.8) is 0 Å². The Bertz CT molecular complexity index is 634. The number of Topliss-reactive ketones (excluding diaryl/α,β-unsaturated/α-hetero) is 1. The van der Waals surface area contributed by atoms with Crippen LogP contribution in [0.25, 0.3) is 0 Å². The molecule has 0 saturated heterocycles. The molecule has 102 valence electrons. The number of hydrogen-bond acceptors (Lipinski definition) is 3. The molecule has 0 fully saturated rings. The quantitative estimate of drug-likeness (QED) is 0.797. The maximum atomic E-state index is 11.3. The van der Waals surface area contributed by atoms with Gasteiger partial charge in [0.1, 0.15) is 11.5 Å². The van der Waals surface area contributed by atoms with E-state index in [4.69, 9.17) is 9.47 Å². The molecule has 0 saturated carbocycles. The van der Waals surface area contributed by atoms with E-state index in [0.29, 0.717) is 18.8 Å². The second-order valence-electron chi connectivity index (χ2n) is 4.94. The van der Waals surface area contributed by atoms with Crippen molar-refractivity contribution >= 4 is 5.78 Å². The Balaban J connectivity index is 1.69. The zero-order chi connectivity index (χ0) is 13.9. The van der Waals surface area contributed by atoms with Crippen LogP contribution in [-0.2, 0) is 0 Å². The Kier molecular flexibility index (Phi) is 3.42. The minimum atomic E-state index is 0.0463. The van der Waals surface area contributed by atoms with Gasteiger partial charge in [-0.15, -0.1) is 0 Å². The highest BCUT2D eigenvalue weighted by molar-refractivity contribution is 5.94. The molecule has 0 bridgehead atoms. The Morgan fingerprint density at radius 2 is 2.10 bits per heavy atom. The zero-order valence-corrected chi connectivity index (χ0v) is 11.3. The van der Waals surface area contributed by atoms with E-state index in [1.165, 1.54) is 5.56 Å². The van der Waals surface area contributed by atoms with Crippen LogP contribution >= 0.6 is 0 Å². The lowest BCUT2D eigenvalue weighted by Crippen LogP contribution is -2.11. The third-order valence-electron chi connectivity index (χ3n) is 3.49. The van der Waals surface area contributed by atoms with Crippen LogP contribution in [0.3, 0.4) is 0 Å². The highest BCUT2D eigenvalue weighted by Gasteiger charge is 2.24. The number of benzene rings is 2. The van der Waals surface area contributed by atoms with Crippen LogP contribution in [0.4, 0.5) is 0 Å². The summed E-state index contributed by atoms with van der Waals surface area (Å²) in [5.74, 6) is 1.96. The molecule has 2 aromatic carbocycles. The molecule has 1 aliphatic heterocycles. The first-order valence-electron chi connectivity index (χ1n) is 6.69. The summed E-state index contributed by atoms with van der Waals surface area (Å²) in [6, 6.07) is 15.3. The van der Waals surface area contributed by atoms with Crippen LogP contribution in [0.15, 0.2) is 48.5 Å².